The molecule has 1 heterocycles. The van der Waals surface area contributed by atoms with E-state index in [-0.39, 0.29) is 0 Å². The summed E-state index contributed by atoms with van der Waals surface area (Å²) in [6, 6.07) is 0.554. The van der Waals surface area contributed by atoms with E-state index in [2.05, 4.69) is 4.98 Å². The molecule has 10 heteroatoms. The molecule has 4 nitrogen and oxygen atoms in total. The van der Waals surface area contributed by atoms with Gasteiger partial charge in [-0.25, -0.2) is 13.8 Å². The van der Waals surface area contributed by atoms with Crippen molar-refractivity contribution in [2.45, 2.75) is 12.6 Å². The van der Waals surface area contributed by atoms with E-state index in [1.807, 2.05) is 0 Å². The lowest BCUT2D eigenvalue weighted by Crippen LogP contribution is -2.14. The Kier molecular flexibility index (Phi) is 3.84. The Morgan fingerprint density at radius 3 is 2.29 bits per heavy atom. The van der Waals surface area contributed by atoms with Gasteiger partial charge in [0.25, 0.3) is 6.43 Å². The smallest absolute Gasteiger partial charge is 0.258 e. The van der Waals surface area contributed by atoms with Gasteiger partial charge in [0.2, 0.25) is 5.69 Å². The van der Waals surface area contributed by atoms with Crippen LogP contribution in [0.15, 0.2) is 6.07 Å². The van der Waals surface area contributed by atoms with Gasteiger partial charge in [-0.1, -0.05) is 0 Å². The highest BCUT2D eigenvalue weighted by Gasteiger charge is 2.43. The van der Waals surface area contributed by atoms with Crippen LogP contribution in [0.4, 0.5) is 27.6 Å². The summed E-state index contributed by atoms with van der Waals surface area (Å²) >= 11 is 1.28. The zero-order chi connectivity index (χ0) is 13.4. The maximum Gasteiger partial charge on any atom is 0.440 e. The molecule has 0 radical (unpaired) electrons. The second-order valence-electron chi connectivity index (χ2n) is 2.79. The number of hydrogen-bond donors (Lipinski definition) is 0. The van der Waals surface area contributed by atoms with Crippen LogP contribution >= 0.6 is 22.6 Å². The Morgan fingerprint density at radius 2 is 1.94 bits per heavy atom. The molecule has 1 aromatic rings. The van der Waals surface area contributed by atoms with Crippen LogP contribution in [0.1, 0.15) is 17.7 Å². The van der Waals surface area contributed by atoms with Crippen LogP contribution in [0.5, 0.6) is 0 Å². The molecule has 1 aromatic heterocycles. The fourth-order valence-electron chi connectivity index (χ4n) is 1.08. The first-order valence-corrected chi connectivity index (χ1v) is 4.92. The molecule has 0 fully saturated rings. The van der Waals surface area contributed by atoms with Crippen LogP contribution in [0.3, 0.4) is 0 Å². The molecule has 0 bridgehead atoms. The van der Waals surface area contributed by atoms with E-state index in [1.54, 1.807) is 0 Å². The van der Waals surface area contributed by atoms with Crippen LogP contribution < -0.4 is 0 Å². The normalized spacial score (nSPS) is 11.9. The molecule has 0 amide bonds. The van der Waals surface area contributed by atoms with Gasteiger partial charge in [0.1, 0.15) is 9.26 Å². The van der Waals surface area contributed by atoms with E-state index in [9.17, 15) is 32.1 Å². The minimum absolute atomic E-state index is 0.393. The number of nitro groups is 1. The van der Waals surface area contributed by atoms with Crippen LogP contribution in [0.25, 0.3) is 0 Å². The maximum atomic E-state index is 12.4. The third kappa shape index (κ3) is 2.98. The molecule has 0 aliphatic carbocycles. The Balaban J connectivity index is 3.64. The summed E-state index contributed by atoms with van der Waals surface area (Å²) < 4.78 is 61.7. The van der Waals surface area contributed by atoms with E-state index in [0.29, 0.717) is 6.07 Å². The summed E-state index contributed by atoms with van der Waals surface area (Å²) in [5, 5.41) is 10.4. The van der Waals surface area contributed by atoms with Gasteiger partial charge in [0.05, 0.1) is 4.92 Å². The van der Waals surface area contributed by atoms with Gasteiger partial charge in [-0.15, -0.1) is 0 Å². The number of nitrogens with zero attached hydrogens (tertiary/aromatic N) is 2. The minimum atomic E-state index is -5.16. The number of halogens is 6. The van der Waals surface area contributed by atoms with E-state index in [1.165, 1.54) is 22.6 Å². The summed E-state index contributed by atoms with van der Waals surface area (Å²) in [6.45, 7) is 0. The molecule has 0 aliphatic heterocycles. The van der Waals surface area contributed by atoms with Crippen molar-refractivity contribution >= 4 is 28.3 Å². The Morgan fingerprint density at radius 1 is 1.41 bits per heavy atom. The molecule has 17 heavy (non-hydrogen) atoms. The number of rotatable bonds is 2. The lowest BCUT2D eigenvalue weighted by molar-refractivity contribution is -0.390. The van der Waals surface area contributed by atoms with Crippen molar-refractivity contribution < 1.29 is 26.9 Å². The highest BCUT2D eigenvalue weighted by atomic mass is 127. The number of aromatic nitrogens is 1. The fourth-order valence-corrected chi connectivity index (χ4v) is 1.66. The predicted octanol–water partition coefficient (Wildman–Crippen LogP) is 3.55. The number of alkyl halides is 5. The van der Waals surface area contributed by atoms with Gasteiger partial charge < -0.3 is 0 Å². The Labute approximate surface area is 104 Å². The molecule has 1 rings (SSSR count). The summed E-state index contributed by atoms with van der Waals surface area (Å²) in [4.78, 5) is 11.8. The SMILES string of the molecule is O=[N+]([O-])c1c(C(F)F)cc(I)nc1C(F)(F)F. The van der Waals surface area contributed by atoms with Gasteiger partial charge in [-0.3, -0.25) is 10.1 Å². The number of hydrogen-bond acceptors (Lipinski definition) is 3. The van der Waals surface area contributed by atoms with E-state index in [4.69, 9.17) is 0 Å². The lowest BCUT2D eigenvalue weighted by Gasteiger charge is -2.10. The van der Waals surface area contributed by atoms with Crippen LogP contribution in [-0.2, 0) is 6.18 Å². The van der Waals surface area contributed by atoms with Crippen LogP contribution in [0.2, 0.25) is 0 Å². The van der Waals surface area contributed by atoms with E-state index in [0.717, 1.165) is 0 Å². The summed E-state index contributed by atoms with van der Waals surface area (Å²) in [5.41, 5.74) is -4.90. The highest BCUT2D eigenvalue weighted by Crippen LogP contribution is 2.40. The number of pyridine rings is 1. The van der Waals surface area contributed by atoms with Gasteiger partial charge in [0.15, 0.2) is 0 Å². The van der Waals surface area contributed by atoms with Crippen molar-refractivity contribution in [1.82, 2.24) is 4.98 Å². The molecule has 0 N–H and O–H groups in total. The van der Waals surface area contributed by atoms with Crippen LogP contribution in [0, 0.1) is 13.8 Å². The molecule has 0 saturated heterocycles. The van der Waals surface area contributed by atoms with Gasteiger partial charge >= 0.3 is 11.9 Å². The molecule has 94 valence electrons. The highest BCUT2D eigenvalue weighted by molar-refractivity contribution is 14.1. The lowest BCUT2D eigenvalue weighted by atomic mass is 10.2. The average Bonchev–Trinajstić information content (AvgIpc) is 2.14. The summed E-state index contributed by atoms with van der Waals surface area (Å²) in [5.74, 6) is 0. The summed E-state index contributed by atoms with van der Waals surface area (Å²) in [7, 11) is 0. The molecule has 0 aliphatic rings. The first-order valence-electron chi connectivity index (χ1n) is 3.84. The molecular weight excluding hydrogens is 366 g/mol. The van der Waals surface area contributed by atoms with Crippen molar-refractivity contribution in [1.29, 1.82) is 0 Å². The average molecular weight is 368 g/mol. The van der Waals surface area contributed by atoms with Gasteiger partial charge in [0, 0.05) is 0 Å². The van der Waals surface area contributed by atoms with Gasteiger partial charge in [-0.05, 0) is 28.7 Å². The molecule has 0 atom stereocenters. The largest absolute Gasteiger partial charge is 0.440 e. The predicted molar refractivity (Wildman–Crippen MR) is 53.6 cm³/mol. The molecule has 0 aromatic carbocycles. The van der Waals surface area contributed by atoms with Crippen molar-refractivity contribution in [2.24, 2.45) is 0 Å². The quantitative estimate of drug-likeness (QED) is 0.264. The standard InChI is InChI=1S/C7H2F5IN2O2/c8-6(9)2-1-3(13)14-5(7(10,11)12)4(2)15(16)17/h1,6H. The minimum Gasteiger partial charge on any atom is -0.258 e. The molecular formula is C7H2F5IN2O2. The topological polar surface area (TPSA) is 56.0 Å². The van der Waals surface area contributed by atoms with Gasteiger partial charge in [-0.2, -0.15) is 13.2 Å². The maximum absolute atomic E-state index is 12.4. The van der Waals surface area contributed by atoms with Crippen molar-refractivity contribution in [2.75, 3.05) is 0 Å². The zero-order valence-corrected chi connectivity index (χ0v) is 9.79. The zero-order valence-electron chi connectivity index (χ0n) is 7.63. The second-order valence-corrected chi connectivity index (χ2v) is 3.89. The first-order chi connectivity index (χ1) is 7.64. The van der Waals surface area contributed by atoms with E-state index >= 15 is 0 Å². The Bertz CT molecular complexity index is 462. The van der Waals surface area contributed by atoms with Crippen molar-refractivity contribution in [3.05, 3.63) is 31.1 Å². The van der Waals surface area contributed by atoms with E-state index < -0.39 is 38.2 Å². The van der Waals surface area contributed by atoms with Crippen LogP contribution in [-0.4, -0.2) is 9.91 Å². The first kappa shape index (κ1) is 14.0. The molecule has 0 unspecified atom stereocenters. The third-order valence-electron chi connectivity index (χ3n) is 1.68. The Hall–Kier alpha value is -1.07. The molecule has 0 saturated carbocycles. The fraction of sp³-hybridized carbons (Fsp3) is 0.286. The summed E-state index contributed by atoms with van der Waals surface area (Å²) in [6.07, 6.45) is -8.54. The van der Waals surface area contributed by atoms with Crippen molar-refractivity contribution in [3.8, 4) is 0 Å². The monoisotopic (exact) mass is 368 g/mol. The third-order valence-corrected chi connectivity index (χ3v) is 2.23. The molecule has 0 spiro atoms. The second kappa shape index (κ2) is 4.66. The van der Waals surface area contributed by atoms with Crippen molar-refractivity contribution in [3.63, 3.8) is 0 Å².